The number of aryl methyl sites for hydroxylation is 1. The van der Waals surface area contributed by atoms with Gasteiger partial charge in [-0.05, 0) is 12.8 Å². The standard InChI is InChI=1S/C10H17N3O2/c1-7(2)6-15-10(14)11-4-9-5-12-13-8(9)3/h5,7H,4,6H2,1-3H3,(H,11,14)(H,12,13). The number of aromatic nitrogens is 2. The Kier molecular flexibility index (Phi) is 4.15. The SMILES string of the molecule is Cc1[nH]ncc1CNC(=O)OCC(C)C. The number of aromatic amines is 1. The topological polar surface area (TPSA) is 67.0 Å². The second kappa shape index (κ2) is 5.38. The summed E-state index contributed by atoms with van der Waals surface area (Å²) in [5, 5.41) is 9.32. The average Bonchev–Trinajstić information content (AvgIpc) is 2.58. The molecule has 0 spiro atoms. The molecule has 0 bridgehead atoms. The molecule has 0 radical (unpaired) electrons. The summed E-state index contributed by atoms with van der Waals surface area (Å²) in [6.45, 7) is 6.78. The van der Waals surface area contributed by atoms with Gasteiger partial charge in [0, 0.05) is 17.8 Å². The summed E-state index contributed by atoms with van der Waals surface area (Å²) in [5.74, 6) is 0.353. The van der Waals surface area contributed by atoms with E-state index in [0.29, 0.717) is 19.1 Å². The molecule has 0 saturated carbocycles. The predicted molar refractivity (Wildman–Crippen MR) is 56.4 cm³/mol. The van der Waals surface area contributed by atoms with Crippen LogP contribution in [0.2, 0.25) is 0 Å². The van der Waals surface area contributed by atoms with Crippen molar-refractivity contribution in [3.05, 3.63) is 17.5 Å². The van der Waals surface area contributed by atoms with Crippen molar-refractivity contribution in [1.82, 2.24) is 15.5 Å². The van der Waals surface area contributed by atoms with Crippen molar-refractivity contribution in [2.45, 2.75) is 27.3 Å². The second-order valence-corrected chi connectivity index (χ2v) is 3.87. The van der Waals surface area contributed by atoms with Crippen molar-refractivity contribution >= 4 is 6.09 Å². The maximum absolute atomic E-state index is 11.2. The molecule has 5 heteroatoms. The molecule has 0 saturated heterocycles. The Hall–Kier alpha value is -1.52. The first-order valence-corrected chi connectivity index (χ1v) is 4.99. The largest absolute Gasteiger partial charge is 0.449 e. The number of nitrogens with one attached hydrogen (secondary N) is 2. The zero-order chi connectivity index (χ0) is 11.3. The Labute approximate surface area is 89.2 Å². The smallest absolute Gasteiger partial charge is 0.407 e. The lowest BCUT2D eigenvalue weighted by atomic mass is 10.2. The summed E-state index contributed by atoms with van der Waals surface area (Å²) in [6, 6.07) is 0. The van der Waals surface area contributed by atoms with Gasteiger partial charge in [-0.25, -0.2) is 4.79 Å². The highest BCUT2D eigenvalue weighted by molar-refractivity contribution is 5.67. The summed E-state index contributed by atoms with van der Waals surface area (Å²) in [4.78, 5) is 11.2. The first-order valence-electron chi connectivity index (χ1n) is 4.99. The molecule has 0 atom stereocenters. The summed E-state index contributed by atoms with van der Waals surface area (Å²) < 4.78 is 4.96. The van der Waals surface area contributed by atoms with Crippen LogP contribution in [0.1, 0.15) is 25.1 Å². The van der Waals surface area contributed by atoms with Crippen LogP contribution in [0.3, 0.4) is 0 Å². The minimum atomic E-state index is -0.385. The van der Waals surface area contributed by atoms with Gasteiger partial charge in [0.2, 0.25) is 0 Å². The number of alkyl carbamates (subject to hydrolysis) is 1. The monoisotopic (exact) mass is 211 g/mol. The Bertz CT molecular complexity index is 320. The number of amides is 1. The molecule has 84 valence electrons. The van der Waals surface area contributed by atoms with E-state index < -0.39 is 0 Å². The first kappa shape index (κ1) is 11.6. The van der Waals surface area contributed by atoms with Crippen LogP contribution in [0.25, 0.3) is 0 Å². The Balaban J connectivity index is 2.26. The molecule has 1 aromatic rings. The third-order valence-electron chi connectivity index (χ3n) is 1.91. The number of hydrogen-bond donors (Lipinski definition) is 2. The average molecular weight is 211 g/mol. The zero-order valence-electron chi connectivity index (χ0n) is 9.33. The van der Waals surface area contributed by atoms with E-state index in [0.717, 1.165) is 11.3 Å². The van der Waals surface area contributed by atoms with Crippen molar-refractivity contribution in [1.29, 1.82) is 0 Å². The van der Waals surface area contributed by atoms with Gasteiger partial charge >= 0.3 is 6.09 Å². The normalized spacial score (nSPS) is 10.4. The predicted octanol–water partition coefficient (Wildman–Crippen LogP) is 1.60. The van der Waals surface area contributed by atoms with E-state index in [1.54, 1.807) is 6.20 Å². The van der Waals surface area contributed by atoms with Gasteiger partial charge in [0.05, 0.1) is 12.8 Å². The summed E-state index contributed by atoms with van der Waals surface area (Å²) in [6.07, 6.45) is 1.31. The van der Waals surface area contributed by atoms with Gasteiger partial charge in [0.25, 0.3) is 0 Å². The van der Waals surface area contributed by atoms with Crippen molar-refractivity contribution in [2.75, 3.05) is 6.61 Å². The number of H-pyrrole nitrogens is 1. The molecule has 0 fully saturated rings. The van der Waals surface area contributed by atoms with Crippen molar-refractivity contribution < 1.29 is 9.53 Å². The number of rotatable bonds is 4. The summed E-state index contributed by atoms with van der Waals surface area (Å²) >= 11 is 0. The molecule has 15 heavy (non-hydrogen) atoms. The number of nitrogens with zero attached hydrogens (tertiary/aromatic N) is 1. The lowest BCUT2D eigenvalue weighted by Gasteiger charge is -2.08. The second-order valence-electron chi connectivity index (χ2n) is 3.87. The molecule has 0 unspecified atom stereocenters. The van der Waals surface area contributed by atoms with Gasteiger partial charge in [-0.15, -0.1) is 0 Å². The quantitative estimate of drug-likeness (QED) is 0.794. The Morgan fingerprint density at radius 1 is 1.67 bits per heavy atom. The van der Waals surface area contributed by atoms with E-state index in [4.69, 9.17) is 4.74 Å². The number of ether oxygens (including phenoxy) is 1. The maximum atomic E-state index is 11.2. The molecule has 0 aliphatic carbocycles. The zero-order valence-corrected chi connectivity index (χ0v) is 9.33. The van der Waals surface area contributed by atoms with Crippen molar-refractivity contribution in [3.63, 3.8) is 0 Å². The Morgan fingerprint density at radius 3 is 2.93 bits per heavy atom. The molecule has 2 N–H and O–H groups in total. The van der Waals surface area contributed by atoms with Gasteiger partial charge in [0.1, 0.15) is 0 Å². The van der Waals surface area contributed by atoms with Crippen LogP contribution in [-0.4, -0.2) is 22.9 Å². The third kappa shape index (κ3) is 4.01. The highest BCUT2D eigenvalue weighted by Gasteiger charge is 2.05. The number of carbonyl (C=O) groups excluding carboxylic acids is 1. The van der Waals surface area contributed by atoms with Crippen LogP contribution in [-0.2, 0) is 11.3 Å². The molecule has 1 amide bonds. The fourth-order valence-electron chi connectivity index (χ4n) is 1.01. The molecule has 1 heterocycles. The molecule has 5 nitrogen and oxygen atoms in total. The fraction of sp³-hybridized carbons (Fsp3) is 0.600. The van der Waals surface area contributed by atoms with E-state index in [9.17, 15) is 4.79 Å². The van der Waals surface area contributed by atoms with Crippen LogP contribution in [0.4, 0.5) is 4.79 Å². The molecule has 0 aliphatic heterocycles. The number of carbonyl (C=O) groups is 1. The third-order valence-corrected chi connectivity index (χ3v) is 1.91. The van der Waals surface area contributed by atoms with Gasteiger partial charge in [-0.1, -0.05) is 13.8 Å². The summed E-state index contributed by atoms with van der Waals surface area (Å²) in [7, 11) is 0. The van der Waals surface area contributed by atoms with Gasteiger partial charge in [-0.3, -0.25) is 5.10 Å². The van der Waals surface area contributed by atoms with Gasteiger partial charge < -0.3 is 10.1 Å². The van der Waals surface area contributed by atoms with E-state index >= 15 is 0 Å². The minimum absolute atomic E-state index is 0.353. The highest BCUT2D eigenvalue weighted by Crippen LogP contribution is 2.01. The fourth-order valence-corrected chi connectivity index (χ4v) is 1.01. The lowest BCUT2D eigenvalue weighted by molar-refractivity contribution is 0.132. The van der Waals surface area contributed by atoms with E-state index in [-0.39, 0.29) is 6.09 Å². The van der Waals surface area contributed by atoms with E-state index in [2.05, 4.69) is 15.5 Å². The van der Waals surface area contributed by atoms with Crippen LogP contribution >= 0.6 is 0 Å². The van der Waals surface area contributed by atoms with Crippen LogP contribution in [0, 0.1) is 12.8 Å². The van der Waals surface area contributed by atoms with Crippen LogP contribution < -0.4 is 5.32 Å². The molecule has 1 aromatic heterocycles. The van der Waals surface area contributed by atoms with Gasteiger partial charge in [0.15, 0.2) is 0 Å². The first-order chi connectivity index (χ1) is 7.09. The van der Waals surface area contributed by atoms with Crippen molar-refractivity contribution in [3.8, 4) is 0 Å². The van der Waals surface area contributed by atoms with Crippen LogP contribution in [0.15, 0.2) is 6.20 Å². The van der Waals surface area contributed by atoms with Crippen molar-refractivity contribution in [2.24, 2.45) is 5.92 Å². The number of hydrogen-bond acceptors (Lipinski definition) is 3. The molecular weight excluding hydrogens is 194 g/mol. The highest BCUT2D eigenvalue weighted by atomic mass is 16.5. The maximum Gasteiger partial charge on any atom is 0.407 e. The van der Waals surface area contributed by atoms with E-state index in [1.807, 2.05) is 20.8 Å². The minimum Gasteiger partial charge on any atom is -0.449 e. The molecule has 0 aliphatic rings. The van der Waals surface area contributed by atoms with E-state index in [1.165, 1.54) is 0 Å². The summed E-state index contributed by atoms with van der Waals surface area (Å²) in [5.41, 5.74) is 1.93. The van der Waals surface area contributed by atoms with Gasteiger partial charge in [-0.2, -0.15) is 5.10 Å². The molecule has 1 rings (SSSR count). The molecular formula is C10H17N3O2. The van der Waals surface area contributed by atoms with Crippen LogP contribution in [0.5, 0.6) is 0 Å². The molecule has 0 aromatic carbocycles. The Morgan fingerprint density at radius 2 is 2.40 bits per heavy atom. The lowest BCUT2D eigenvalue weighted by Crippen LogP contribution is -2.25.